The van der Waals surface area contributed by atoms with Gasteiger partial charge in [0, 0.05) is 18.2 Å². The van der Waals surface area contributed by atoms with E-state index in [4.69, 9.17) is 0 Å². The third kappa shape index (κ3) is 3.19. The van der Waals surface area contributed by atoms with Gasteiger partial charge in [0.1, 0.15) is 0 Å². The van der Waals surface area contributed by atoms with E-state index in [1.165, 1.54) is 37.1 Å². The van der Waals surface area contributed by atoms with Crippen molar-refractivity contribution in [3.05, 3.63) is 34.9 Å². The van der Waals surface area contributed by atoms with Gasteiger partial charge in [-0.25, -0.2) is 0 Å². The maximum absolute atomic E-state index is 12.8. The lowest BCUT2D eigenvalue weighted by Gasteiger charge is -2.45. The molecular formula is C19H28N2O. The summed E-state index contributed by atoms with van der Waals surface area (Å²) in [6.45, 7) is 7.78. The summed E-state index contributed by atoms with van der Waals surface area (Å²) >= 11 is 0. The summed E-state index contributed by atoms with van der Waals surface area (Å²) < 4.78 is 0. The Balaban J connectivity index is 1.73. The number of fused-ring (bicyclic) bond motifs is 3. The third-order valence-corrected chi connectivity index (χ3v) is 5.41. The second kappa shape index (κ2) is 6.82. The molecule has 3 saturated heterocycles. The van der Waals surface area contributed by atoms with E-state index in [-0.39, 0.29) is 5.91 Å². The Hall–Kier alpha value is -1.35. The predicted molar refractivity (Wildman–Crippen MR) is 90.2 cm³/mol. The van der Waals surface area contributed by atoms with Gasteiger partial charge in [-0.05, 0) is 68.8 Å². The minimum Gasteiger partial charge on any atom is -0.348 e. The average Bonchev–Trinajstić information content (AvgIpc) is 2.54. The molecule has 1 aromatic rings. The lowest BCUT2D eigenvalue weighted by atomic mass is 9.84. The zero-order valence-electron chi connectivity index (χ0n) is 13.9. The van der Waals surface area contributed by atoms with Crippen LogP contribution in [0.2, 0.25) is 0 Å². The molecule has 0 aliphatic carbocycles. The summed E-state index contributed by atoms with van der Waals surface area (Å²) in [5.41, 5.74) is 3.38. The van der Waals surface area contributed by atoms with E-state index in [0.717, 1.165) is 31.4 Å². The maximum Gasteiger partial charge on any atom is 0.251 e. The number of benzene rings is 1. The lowest BCUT2D eigenvalue weighted by Crippen LogP contribution is -2.57. The number of hydrogen-bond acceptors (Lipinski definition) is 2. The predicted octanol–water partition coefficient (Wildman–Crippen LogP) is 3.16. The maximum atomic E-state index is 12.8. The number of amides is 1. The van der Waals surface area contributed by atoms with Gasteiger partial charge in [0.15, 0.2) is 0 Å². The van der Waals surface area contributed by atoms with Gasteiger partial charge >= 0.3 is 0 Å². The third-order valence-electron chi connectivity index (χ3n) is 5.41. The van der Waals surface area contributed by atoms with Crippen LogP contribution in [0.15, 0.2) is 18.2 Å². The van der Waals surface area contributed by atoms with E-state index in [0.29, 0.717) is 12.0 Å². The fourth-order valence-corrected chi connectivity index (χ4v) is 3.98. The number of nitrogens with one attached hydrogen (secondary N) is 1. The number of carbonyl (C=O) groups is 1. The van der Waals surface area contributed by atoms with Crippen LogP contribution in [0.3, 0.4) is 0 Å². The molecule has 0 spiro atoms. The summed E-state index contributed by atoms with van der Waals surface area (Å²) in [5.74, 6) is 0.811. The number of rotatable bonds is 5. The summed E-state index contributed by atoms with van der Waals surface area (Å²) in [4.78, 5) is 15.3. The van der Waals surface area contributed by atoms with Crippen molar-refractivity contribution in [1.29, 1.82) is 0 Å². The number of hydrogen-bond donors (Lipinski definition) is 1. The number of aryl methyl sites for hydroxylation is 1. The topological polar surface area (TPSA) is 32.3 Å². The van der Waals surface area contributed by atoms with Crippen molar-refractivity contribution < 1.29 is 4.79 Å². The van der Waals surface area contributed by atoms with Gasteiger partial charge in [0.05, 0.1) is 0 Å². The van der Waals surface area contributed by atoms with Crippen LogP contribution in [-0.4, -0.2) is 36.5 Å². The molecule has 0 radical (unpaired) electrons. The number of nitrogens with zero attached hydrogens (tertiary/aromatic N) is 1. The van der Waals surface area contributed by atoms with Crippen molar-refractivity contribution >= 4 is 5.91 Å². The molecule has 1 aromatic carbocycles. The monoisotopic (exact) mass is 300 g/mol. The molecule has 3 heteroatoms. The SMILES string of the molecule is CCCCc1c(C)cccc1C(=O)NC1CN2CCC1CC2. The molecule has 1 N–H and O–H groups in total. The van der Waals surface area contributed by atoms with Crippen LogP contribution in [0, 0.1) is 12.8 Å². The second-order valence-corrected chi connectivity index (χ2v) is 6.92. The molecule has 0 aromatic heterocycles. The van der Waals surface area contributed by atoms with E-state index in [2.05, 4.69) is 30.1 Å². The quantitative estimate of drug-likeness (QED) is 0.906. The first kappa shape index (κ1) is 15.5. The fourth-order valence-electron chi connectivity index (χ4n) is 3.98. The Bertz CT molecular complexity index is 532. The van der Waals surface area contributed by atoms with Crippen LogP contribution >= 0.6 is 0 Å². The molecule has 2 bridgehead atoms. The van der Waals surface area contributed by atoms with Crippen LogP contribution < -0.4 is 5.32 Å². The van der Waals surface area contributed by atoms with Gasteiger partial charge in [-0.3, -0.25) is 4.79 Å². The molecule has 1 atom stereocenters. The Morgan fingerprint density at radius 2 is 2.09 bits per heavy atom. The lowest BCUT2D eigenvalue weighted by molar-refractivity contribution is 0.0620. The highest BCUT2D eigenvalue weighted by molar-refractivity contribution is 5.96. The zero-order valence-corrected chi connectivity index (χ0v) is 13.9. The van der Waals surface area contributed by atoms with Crippen molar-refractivity contribution in [2.75, 3.05) is 19.6 Å². The fraction of sp³-hybridized carbons (Fsp3) is 0.632. The van der Waals surface area contributed by atoms with Crippen LogP contribution in [0.25, 0.3) is 0 Å². The van der Waals surface area contributed by atoms with Gasteiger partial charge in [-0.2, -0.15) is 0 Å². The van der Waals surface area contributed by atoms with Crippen molar-refractivity contribution in [3.8, 4) is 0 Å². The van der Waals surface area contributed by atoms with Crippen LogP contribution in [0.5, 0.6) is 0 Å². The number of piperidine rings is 3. The molecule has 3 aliphatic heterocycles. The molecule has 3 heterocycles. The number of unbranched alkanes of at least 4 members (excludes halogenated alkanes) is 1. The van der Waals surface area contributed by atoms with E-state index < -0.39 is 0 Å². The first-order valence-corrected chi connectivity index (χ1v) is 8.80. The van der Waals surface area contributed by atoms with Gasteiger partial charge in [-0.15, -0.1) is 0 Å². The molecule has 3 fully saturated rings. The van der Waals surface area contributed by atoms with Gasteiger partial charge in [-0.1, -0.05) is 25.5 Å². The Morgan fingerprint density at radius 3 is 2.73 bits per heavy atom. The normalized spacial score (nSPS) is 26.9. The van der Waals surface area contributed by atoms with Crippen molar-refractivity contribution in [1.82, 2.24) is 10.2 Å². The van der Waals surface area contributed by atoms with E-state index in [9.17, 15) is 4.79 Å². The highest BCUT2D eigenvalue weighted by atomic mass is 16.1. The first-order chi connectivity index (χ1) is 10.7. The van der Waals surface area contributed by atoms with Crippen molar-refractivity contribution in [2.45, 2.75) is 52.0 Å². The standard InChI is InChI=1S/C19H28N2O/c1-3-4-7-16-14(2)6-5-8-17(16)19(22)20-18-13-21-11-9-15(18)10-12-21/h5-6,8,15,18H,3-4,7,9-13H2,1-2H3,(H,20,22). The van der Waals surface area contributed by atoms with E-state index in [1.54, 1.807) is 0 Å². The Morgan fingerprint density at radius 1 is 1.32 bits per heavy atom. The summed E-state index contributed by atoms with van der Waals surface area (Å²) in [7, 11) is 0. The molecule has 3 nitrogen and oxygen atoms in total. The molecular weight excluding hydrogens is 272 g/mol. The molecule has 4 rings (SSSR count). The van der Waals surface area contributed by atoms with E-state index in [1.807, 2.05) is 12.1 Å². The summed E-state index contributed by atoms with van der Waals surface area (Å²) in [6, 6.07) is 6.47. The molecule has 1 unspecified atom stereocenters. The molecule has 22 heavy (non-hydrogen) atoms. The molecule has 0 saturated carbocycles. The number of carbonyl (C=O) groups excluding carboxylic acids is 1. The Labute approximate surface area is 134 Å². The molecule has 120 valence electrons. The van der Waals surface area contributed by atoms with Crippen LogP contribution in [0.1, 0.15) is 54.1 Å². The van der Waals surface area contributed by atoms with Crippen molar-refractivity contribution in [2.24, 2.45) is 5.92 Å². The first-order valence-electron chi connectivity index (χ1n) is 8.80. The summed E-state index contributed by atoms with van der Waals surface area (Å²) in [6.07, 6.45) is 5.79. The van der Waals surface area contributed by atoms with Crippen molar-refractivity contribution in [3.63, 3.8) is 0 Å². The van der Waals surface area contributed by atoms with E-state index >= 15 is 0 Å². The Kier molecular flexibility index (Phi) is 4.82. The van der Waals surface area contributed by atoms with Gasteiger partial charge < -0.3 is 10.2 Å². The highest BCUT2D eigenvalue weighted by Crippen LogP contribution is 2.28. The minimum atomic E-state index is 0.133. The zero-order chi connectivity index (χ0) is 15.5. The summed E-state index contributed by atoms with van der Waals surface area (Å²) in [5, 5.41) is 3.33. The van der Waals surface area contributed by atoms with Crippen LogP contribution in [-0.2, 0) is 6.42 Å². The van der Waals surface area contributed by atoms with Crippen LogP contribution in [0.4, 0.5) is 0 Å². The minimum absolute atomic E-state index is 0.133. The largest absolute Gasteiger partial charge is 0.348 e. The average molecular weight is 300 g/mol. The van der Waals surface area contributed by atoms with Gasteiger partial charge in [0.25, 0.3) is 5.91 Å². The van der Waals surface area contributed by atoms with Gasteiger partial charge in [0.2, 0.25) is 0 Å². The molecule has 1 amide bonds. The molecule has 3 aliphatic rings. The highest BCUT2D eigenvalue weighted by Gasteiger charge is 2.35. The smallest absolute Gasteiger partial charge is 0.251 e. The second-order valence-electron chi connectivity index (χ2n) is 6.92.